The number of phenols is 1. The van der Waals surface area contributed by atoms with E-state index in [0.717, 1.165) is 25.1 Å². The smallest absolute Gasteiger partial charge is 0.258 e. The topological polar surface area (TPSA) is 53.0 Å². The number of likely N-dealkylation sites (tertiary alicyclic amines) is 1. The van der Waals surface area contributed by atoms with Crippen LogP contribution in [0.5, 0.6) is 5.75 Å². The normalized spacial score (nSPS) is 26.5. The molecule has 114 valence electrons. The number of para-hydroxylation sites is 1. The maximum Gasteiger partial charge on any atom is 0.258 e. The van der Waals surface area contributed by atoms with E-state index in [0.29, 0.717) is 18.7 Å². The molecule has 1 aromatic rings. The van der Waals surface area contributed by atoms with Crippen molar-refractivity contribution in [3.05, 3.63) is 29.3 Å². The fraction of sp³-hybridized carbons (Fsp3) is 0.562. The summed E-state index contributed by atoms with van der Waals surface area (Å²) >= 11 is 0. The zero-order chi connectivity index (χ0) is 15.0. The largest absolute Gasteiger partial charge is 0.507 e. The molecule has 0 aromatic heterocycles. The summed E-state index contributed by atoms with van der Waals surface area (Å²) in [6.07, 6.45) is 1.07. The van der Waals surface area contributed by atoms with Gasteiger partial charge in [0.2, 0.25) is 0 Å². The standard InChI is InChI=1S/C16H22N2O3/c1-11-4-3-5-12(15(11)19)16(20)18-8-9-21-14-6-7-17(2)10-13(14)18/h3-5,13-14,19H,6-10H2,1-2H3. The zero-order valence-electron chi connectivity index (χ0n) is 12.6. The molecule has 0 aliphatic carbocycles. The molecular formula is C16H22N2O3. The number of phenolic OH excluding ortho intramolecular Hbond substituents is 1. The second-order valence-electron chi connectivity index (χ2n) is 6.00. The third-order valence-electron chi connectivity index (χ3n) is 4.52. The highest BCUT2D eigenvalue weighted by Crippen LogP contribution is 2.28. The Morgan fingerprint density at radius 2 is 2.19 bits per heavy atom. The molecule has 0 bridgehead atoms. The molecule has 5 nitrogen and oxygen atoms in total. The van der Waals surface area contributed by atoms with Gasteiger partial charge in [-0.3, -0.25) is 4.79 Å². The number of ether oxygens (including phenoxy) is 1. The van der Waals surface area contributed by atoms with E-state index >= 15 is 0 Å². The summed E-state index contributed by atoms with van der Waals surface area (Å²) in [6, 6.07) is 5.39. The number of hydrogen-bond acceptors (Lipinski definition) is 4. The number of amides is 1. The molecule has 0 spiro atoms. The average Bonchev–Trinajstić information content (AvgIpc) is 2.48. The third-order valence-corrected chi connectivity index (χ3v) is 4.52. The second kappa shape index (κ2) is 5.66. The average molecular weight is 290 g/mol. The number of carbonyl (C=O) groups is 1. The highest BCUT2D eigenvalue weighted by atomic mass is 16.5. The van der Waals surface area contributed by atoms with Crippen molar-refractivity contribution in [1.29, 1.82) is 0 Å². The van der Waals surface area contributed by atoms with Crippen LogP contribution in [0.15, 0.2) is 18.2 Å². The Morgan fingerprint density at radius 1 is 1.38 bits per heavy atom. The van der Waals surface area contributed by atoms with Crippen LogP contribution < -0.4 is 0 Å². The van der Waals surface area contributed by atoms with Crippen LogP contribution >= 0.6 is 0 Å². The first kappa shape index (κ1) is 14.4. The number of likely N-dealkylation sites (N-methyl/N-ethyl adjacent to an activating group) is 1. The lowest BCUT2D eigenvalue weighted by molar-refractivity contribution is -0.0870. The Morgan fingerprint density at radius 3 is 3.00 bits per heavy atom. The van der Waals surface area contributed by atoms with E-state index in [-0.39, 0.29) is 23.8 Å². The van der Waals surface area contributed by atoms with Crippen molar-refractivity contribution in [2.75, 3.05) is 33.3 Å². The number of benzene rings is 1. The number of aromatic hydroxyl groups is 1. The lowest BCUT2D eigenvalue weighted by Crippen LogP contribution is -2.60. The number of nitrogens with zero attached hydrogens (tertiary/aromatic N) is 2. The predicted molar refractivity (Wildman–Crippen MR) is 79.5 cm³/mol. The van der Waals surface area contributed by atoms with Crippen molar-refractivity contribution >= 4 is 5.91 Å². The minimum absolute atomic E-state index is 0.0740. The Kier molecular flexibility index (Phi) is 3.87. The van der Waals surface area contributed by atoms with Gasteiger partial charge in [-0.05, 0) is 32.0 Å². The van der Waals surface area contributed by atoms with Crippen molar-refractivity contribution in [3.8, 4) is 5.75 Å². The molecule has 5 heteroatoms. The van der Waals surface area contributed by atoms with Gasteiger partial charge in [0.15, 0.2) is 0 Å². The molecule has 2 fully saturated rings. The minimum atomic E-state index is -0.0928. The van der Waals surface area contributed by atoms with Gasteiger partial charge < -0.3 is 19.6 Å². The van der Waals surface area contributed by atoms with Crippen molar-refractivity contribution < 1.29 is 14.6 Å². The summed E-state index contributed by atoms with van der Waals surface area (Å²) in [6.45, 7) is 4.79. The van der Waals surface area contributed by atoms with Crippen LogP contribution in [0.1, 0.15) is 22.3 Å². The molecule has 2 heterocycles. The Labute approximate surface area is 125 Å². The number of carbonyl (C=O) groups excluding carboxylic acids is 1. The maximum absolute atomic E-state index is 12.8. The third kappa shape index (κ3) is 2.63. The van der Waals surface area contributed by atoms with Gasteiger partial charge in [0.25, 0.3) is 5.91 Å². The van der Waals surface area contributed by atoms with Crippen LogP contribution in [0.3, 0.4) is 0 Å². The molecule has 21 heavy (non-hydrogen) atoms. The Balaban J connectivity index is 1.87. The first-order valence-electron chi connectivity index (χ1n) is 7.47. The minimum Gasteiger partial charge on any atom is -0.507 e. The van der Waals surface area contributed by atoms with Crippen LogP contribution in [0.25, 0.3) is 0 Å². The predicted octanol–water partition coefficient (Wildman–Crippen LogP) is 1.25. The fourth-order valence-electron chi connectivity index (χ4n) is 3.27. The van der Waals surface area contributed by atoms with Gasteiger partial charge in [0, 0.05) is 19.6 Å². The lowest BCUT2D eigenvalue weighted by atomic mass is 9.97. The molecule has 0 saturated carbocycles. The second-order valence-corrected chi connectivity index (χ2v) is 6.00. The van der Waals surface area contributed by atoms with Gasteiger partial charge in [-0.2, -0.15) is 0 Å². The number of rotatable bonds is 1. The molecule has 0 radical (unpaired) electrons. The van der Waals surface area contributed by atoms with Crippen LogP contribution in [0.4, 0.5) is 0 Å². The van der Waals surface area contributed by atoms with Gasteiger partial charge in [-0.15, -0.1) is 0 Å². The van der Waals surface area contributed by atoms with E-state index in [2.05, 4.69) is 11.9 Å². The summed E-state index contributed by atoms with van der Waals surface area (Å²) in [7, 11) is 2.07. The molecule has 1 amide bonds. The van der Waals surface area contributed by atoms with E-state index in [4.69, 9.17) is 4.74 Å². The fourth-order valence-corrected chi connectivity index (χ4v) is 3.27. The van der Waals surface area contributed by atoms with Crippen LogP contribution in [-0.4, -0.2) is 66.2 Å². The lowest BCUT2D eigenvalue weighted by Gasteiger charge is -2.46. The van der Waals surface area contributed by atoms with Crippen molar-refractivity contribution in [2.45, 2.75) is 25.5 Å². The highest BCUT2D eigenvalue weighted by molar-refractivity contribution is 5.97. The number of morpholine rings is 1. The van der Waals surface area contributed by atoms with E-state index < -0.39 is 0 Å². The first-order chi connectivity index (χ1) is 10.1. The summed E-state index contributed by atoms with van der Waals surface area (Å²) in [5.41, 5.74) is 1.12. The van der Waals surface area contributed by atoms with Gasteiger partial charge >= 0.3 is 0 Å². The van der Waals surface area contributed by atoms with E-state index in [1.807, 2.05) is 24.0 Å². The highest BCUT2D eigenvalue weighted by Gasteiger charge is 2.39. The SMILES string of the molecule is Cc1cccc(C(=O)N2CCOC3CCN(C)CC32)c1O. The van der Waals surface area contributed by atoms with Gasteiger partial charge in [-0.1, -0.05) is 12.1 Å². The number of fused-ring (bicyclic) bond motifs is 1. The van der Waals surface area contributed by atoms with E-state index in [1.165, 1.54) is 0 Å². The Bertz CT molecular complexity index is 546. The molecule has 2 saturated heterocycles. The van der Waals surface area contributed by atoms with Gasteiger partial charge in [0.1, 0.15) is 5.75 Å². The molecule has 1 N–H and O–H groups in total. The quantitative estimate of drug-likeness (QED) is 0.845. The summed E-state index contributed by atoms with van der Waals surface area (Å²) < 4.78 is 5.82. The van der Waals surface area contributed by atoms with Crippen LogP contribution in [0, 0.1) is 6.92 Å². The molecular weight excluding hydrogens is 268 g/mol. The van der Waals surface area contributed by atoms with Crippen molar-refractivity contribution in [2.24, 2.45) is 0 Å². The monoisotopic (exact) mass is 290 g/mol. The molecule has 2 aliphatic heterocycles. The summed E-state index contributed by atoms with van der Waals surface area (Å²) in [5.74, 6) is -0.000458. The number of hydrogen-bond donors (Lipinski definition) is 1. The van der Waals surface area contributed by atoms with Crippen LogP contribution in [-0.2, 0) is 4.74 Å². The summed E-state index contributed by atoms with van der Waals surface area (Å²) in [5, 5.41) is 10.2. The first-order valence-corrected chi connectivity index (χ1v) is 7.47. The van der Waals surface area contributed by atoms with E-state index in [1.54, 1.807) is 6.07 Å². The number of piperidine rings is 1. The van der Waals surface area contributed by atoms with Crippen molar-refractivity contribution in [1.82, 2.24) is 9.80 Å². The maximum atomic E-state index is 12.8. The zero-order valence-corrected chi connectivity index (χ0v) is 12.6. The van der Waals surface area contributed by atoms with Gasteiger partial charge in [-0.25, -0.2) is 0 Å². The summed E-state index contributed by atoms with van der Waals surface area (Å²) in [4.78, 5) is 16.9. The van der Waals surface area contributed by atoms with Gasteiger partial charge in [0.05, 0.1) is 24.3 Å². The van der Waals surface area contributed by atoms with Crippen molar-refractivity contribution in [3.63, 3.8) is 0 Å². The molecule has 2 unspecified atom stereocenters. The number of aryl methyl sites for hydroxylation is 1. The Hall–Kier alpha value is -1.59. The molecule has 2 aliphatic rings. The molecule has 3 rings (SSSR count). The molecule has 2 atom stereocenters. The van der Waals surface area contributed by atoms with Crippen LogP contribution in [0.2, 0.25) is 0 Å². The molecule has 1 aromatic carbocycles. The van der Waals surface area contributed by atoms with E-state index in [9.17, 15) is 9.90 Å².